The summed E-state index contributed by atoms with van der Waals surface area (Å²) in [6, 6.07) is 0. The second kappa shape index (κ2) is 9.02. The second-order valence-electron chi connectivity index (χ2n) is 9.93. The predicted molar refractivity (Wildman–Crippen MR) is 119 cm³/mol. The third-order valence-electron chi connectivity index (χ3n) is 9.12. The zero-order chi connectivity index (χ0) is 20.4. The molecule has 0 aromatic heterocycles. The van der Waals surface area contributed by atoms with E-state index in [-0.39, 0.29) is 6.10 Å². The lowest BCUT2D eigenvalue weighted by molar-refractivity contribution is -0.0506. The molecule has 27 heavy (non-hydrogen) atoms. The molecule has 0 amide bonds. The summed E-state index contributed by atoms with van der Waals surface area (Å²) in [5.41, 5.74) is 2.61. The molecule has 0 bridgehead atoms. The van der Waals surface area contributed by atoms with E-state index in [4.69, 9.17) is 0 Å². The molecule has 0 heterocycles. The van der Waals surface area contributed by atoms with Crippen molar-refractivity contribution in [1.29, 1.82) is 0 Å². The molecule has 4 aliphatic carbocycles. The van der Waals surface area contributed by atoms with E-state index in [1.807, 2.05) is 27.7 Å². The predicted octanol–water partition coefficient (Wildman–Crippen LogP) is 7.63. The first kappa shape index (κ1) is 23.0. The number of aliphatic hydroxyl groups excluding tert-OH is 1. The van der Waals surface area contributed by atoms with Crippen molar-refractivity contribution in [3.05, 3.63) is 11.6 Å². The Balaban J connectivity index is 0.000000614. The molecule has 0 saturated heterocycles. The number of rotatable bonds is 1. The minimum Gasteiger partial charge on any atom is -0.393 e. The molecule has 0 aliphatic heterocycles. The van der Waals surface area contributed by atoms with E-state index in [1.54, 1.807) is 5.57 Å². The van der Waals surface area contributed by atoms with Gasteiger partial charge in [-0.15, -0.1) is 0 Å². The van der Waals surface area contributed by atoms with Crippen LogP contribution in [0.1, 0.15) is 107 Å². The first-order valence-corrected chi connectivity index (χ1v) is 12.3. The van der Waals surface area contributed by atoms with E-state index in [9.17, 15) is 5.11 Å². The van der Waals surface area contributed by atoms with Crippen LogP contribution in [0, 0.1) is 40.4 Å². The third-order valence-corrected chi connectivity index (χ3v) is 9.12. The van der Waals surface area contributed by atoms with Crippen molar-refractivity contribution < 1.29 is 5.11 Å². The maximum Gasteiger partial charge on any atom is 0.0577 e. The zero-order valence-electron chi connectivity index (χ0n) is 19.6. The van der Waals surface area contributed by atoms with Crippen molar-refractivity contribution in [2.24, 2.45) is 40.4 Å². The van der Waals surface area contributed by atoms with Gasteiger partial charge in [-0.05, 0) is 85.4 Å². The van der Waals surface area contributed by atoms with Gasteiger partial charge in [-0.25, -0.2) is 0 Å². The summed E-state index contributed by atoms with van der Waals surface area (Å²) >= 11 is 0. The Hall–Kier alpha value is -0.300. The fraction of sp³-hybridized carbons (Fsp3) is 0.923. The van der Waals surface area contributed by atoms with Crippen molar-refractivity contribution in [2.45, 2.75) is 113 Å². The number of hydrogen-bond donors (Lipinski definition) is 1. The van der Waals surface area contributed by atoms with Crippen LogP contribution in [0.4, 0.5) is 0 Å². The van der Waals surface area contributed by atoms with E-state index >= 15 is 0 Å². The largest absolute Gasteiger partial charge is 0.393 e. The van der Waals surface area contributed by atoms with Gasteiger partial charge in [0.1, 0.15) is 0 Å². The van der Waals surface area contributed by atoms with E-state index in [1.165, 1.54) is 38.5 Å². The van der Waals surface area contributed by atoms with Crippen LogP contribution in [0.3, 0.4) is 0 Å². The second-order valence-corrected chi connectivity index (χ2v) is 9.93. The van der Waals surface area contributed by atoms with Crippen molar-refractivity contribution in [3.8, 4) is 0 Å². The molecule has 1 nitrogen and oxygen atoms in total. The summed E-state index contributed by atoms with van der Waals surface area (Å²) < 4.78 is 0. The Bertz CT molecular complexity index is 508. The number of allylic oxidation sites excluding steroid dienone is 1. The average molecular weight is 377 g/mol. The monoisotopic (exact) mass is 376 g/mol. The van der Waals surface area contributed by atoms with Crippen LogP contribution in [0.2, 0.25) is 0 Å². The number of aliphatic hydroxyl groups is 1. The van der Waals surface area contributed by atoms with Gasteiger partial charge in [0.15, 0.2) is 0 Å². The van der Waals surface area contributed by atoms with E-state index in [2.05, 4.69) is 33.8 Å². The molecule has 4 aliphatic rings. The molecule has 8 unspecified atom stereocenters. The Kier molecular flexibility index (Phi) is 7.68. The van der Waals surface area contributed by atoms with Crippen molar-refractivity contribution >= 4 is 0 Å². The smallest absolute Gasteiger partial charge is 0.0577 e. The van der Waals surface area contributed by atoms with Gasteiger partial charge in [0.25, 0.3) is 0 Å². The summed E-state index contributed by atoms with van der Waals surface area (Å²) in [6.07, 6.45) is 12.7. The van der Waals surface area contributed by atoms with Crippen LogP contribution in [0.25, 0.3) is 0 Å². The summed E-state index contributed by atoms with van der Waals surface area (Å²) in [5.74, 6) is 4.61. The SMILES string of the molecule is CC.CC.CCC1C(C)CC2C3CC=C4CC(O)CCC4(C)C3CCC12C. The van der Waals surface area contributed by atoms with Gasteiger partial charge in [0.05, 0.1) is 6.10 Å². The quantitative estimate of drug-likeness (QED) is 0.466. The Morgan fingerprint density at radius 1 is 1.04 bits per heavy atom. The van der Waals surface area contributed by atoms with Crippen molar-refractivity contribution in [3.63, 3.8) is 0 Å². The van der Waals surface area contributed by atoms with Crippen molar-refractivity contribution in [2.75, 3.05) is 0 Å². The molecule has 0 spiro atoms. The van der Waals surface area contributed by atoms with E-state index < -0.39 is 0 Å². The van der Waals surface area contributed by atoms with Gasteiger partial charge >= 0.3 is 0 Å². The normalized spacial score (nSPS) is 47.8. The number of hydrogen-bond acceptors (Lipinski definition) is 1. The first-order valence-electron chi connectivity index (χ1n) is 12.3. The standard InChI is InChI=1S/C22H36O.2C2H6/c1-5-18-14(2)12-20-17-7-6-15-13-16(23)8-10-21(15,3)19(17)9-11-22(18,20)4;2*1-2/h6,14,16-20,23H,5,7-13H2,1-4H3;2*1-2H3. The maximum atomic E-state index is 10.1. The van der Waals surface area contributed by atoms with Crippen LogP contribution in [0.15, 0.2) is 11.6 Å². The summed E-state index contributed by atoms with van der Waals surface area (Å²) in [4.78, 5) is 0. The van der Waals surface area contributed by atoms with Gasteiger partial charge < -0.3 is 5.11 Å². The van der Waals surface area contributed by atoms with Crippen molar-refractivity contribution in [1.82, 2.24) is 0 Å². The highest BCUT2D eigenvalue weighted by Gasteiger charge is 2.59. The molecule has 4 rings (SSSR count). The number of fused-ring (bicyclic) bond motifs is 5. The van der Waals surface area contributed by atoms with Gasteiger partial charge in [-0.3, -0.25) is 0 Å². The highest BCUT2D eigenvalue weighted by molar-refractivity contribution is 5.25. The molecule has 8 atom stereocenters. The van der Waals surface area contributed by atoms with Gasteiger partial charge in [-0.1, -0.05) is 73.5 Å². The molecular weight excluding hydrogens is 328 g/mol. The lowest BCUT2D eigenvalue weighted by Crippen LogP contribution is -2.50. The van der Waals surface area contributed by atoms with Crippen LogP contribution in [-0.2, 0) is 0 Å². The highest BCUT2D eigenvalue weighted by Crippen LogP contribution is 2.67. The lowest BCUT2D eigenvalue weighted by atomic mass is 9.47. The van der Waals surface area contributed by atoms with E-state index in [0.29, 0.717) is 10.8 Å². The minimum absolute atomic E-state index is 0.0734. The molecule has 1 heteroatoms. The molecule has 3 fully saturated rings. The van der Waals surface area contributed by atoms with Gasteiger partial charge in [0, 0.05) is 0 Å². The summed E-state index contributed by atoms with van der Waals surface area (Å²) in [6.45, 7) is 18.1. The Labute approximate surface area is 170 Å². The fourth-order valence-electron chi connectivity index (χ4n) is 7.98. The van der Waals surface area contributed by atoms with Crippen LogP contribution >= 0.6 is 0 Å². The summed E-state index contributed by atoms with van der Waals surface area (Å²) in [5, 5.41) is 10.1. The average Bonchev–Trinajstić information content (AvgIpc) is 2.95. The Morgan fingerprint density at radius 3 is 2.33 bits per heavy atom. The van der Waals surface area contributed by atoms with Gasteiger partial charge in [0.2, 0.25) is 0 Å². The lowest BCUT2D eigenvalue weighted by Gasteiger charge is -2.58. The summed E-state index contributed by atoms with van der Waals surface area (Å²) in [7, 11) is 0. The van der Waals surface area contributed by atoms with Crippen LogP contribution in [-0.4, -0.2) is 11.2 Å². The molecule has 0 radical (unpaired) electrons. The fourth-order valence-corrected chi connectivity index (χ4v) is 7.98. The topological polar surface area (TPSA) is 20.2 Å². The molecule has 158 valence electrons. The zero-order valence-corrected chi connectivity index (χ0v) is 19.6. The van der Waals surface area contributed by atoms with Gasteiger partial charge in [-0.2, -0.15) is 0 Å². The third kappa shape index (κ3) is 3.67. The Morgan fingerprint density at radius 2 is 1.70 bits per heavy atom. The molecular formula is C26H48O. The van der Waals surface area contributed by atoms with E-state index in [0.717, 1.165) is 42.4 Å². The molecule has 0 aromatic rings. The molecule has 1 N–H and O–H groups in total. The first-order chi connectivity index (χ1) is 12.9. The maximum absolute atomic E-state index is 10.1. The van der Waals surface area contributed by atoms with Crippen LogP contribution < -0.4 is 0 Å². The minimum atomic E-state index is -0.0734. The molecule has 3 saturated carbocycles. The van der Waals surface area contributed by atoms with Crippen LogP contribution in [0.5, 0.6) is 0 Å². The highest BCUT2D eigenvalue weighted by atomic mass is 16.3. The molecule has 0 aromatic carbocycles.